The number of halogens is 2. The van der Waals surface area contributed by atoms with Gasteiger partial charge in [0, 0.05) is 5.38 Å². The Labute approximate surface area is 132 Å². The summed E-state index contributed by atoms with van der Waals surface area (Å²) < 4.78 is 5.48. The molecule has 1 amide bonds. The lowest BCUT2D eigenvalue weighted by atomic mass is 10.2. The summed E-state index contributed by atoms with van der Waals surface area (Å²) in [5.74, 6) is -0.786. The molecule has 0 saturated heterocycles. The summed E-state index contributed by atoms with van der Waals surface area (Å²) in [7, 11) is 1.29. The molecule has 2 rings (SSSR count). The number of benzene rings is 1. The number of rotatable bonds is 3. The zero-order chi connectivity index (χ0) is 14.7. The number of anilines is 1. The molecule has 1 N–H and O–H groups in total. The van der Waals surface area contributed by atoms with Gasteiger partial charge in [-0.3, -0.25) is 4.79 Å². The first-order valence-electron chi connectivity index (χ1n) is 5.44. The lowest BCUT2D eigenvalue weighted by Crippen LogP contribution is -2.12. The van der Waals surface area contributed by atoms with Gasteiger partial charge in [0.1, 0.15) is 0 Å². The Balaban J connectivity index is 2.24. The monoisotopic (exact) mass is 373 g/mol. The highest BCUT2D eigenvalue weighted by atomic mass is 79.9. The quantitative estimate of drug-likeness (QED) is 0.819. The van der Waals surface area contributed by atoms with Crippen molar-refractivity contribution in [2.24, 2.45) is 0 Å². The van der Waals surface area contributed by atoms with Crippen LogP contribution < -0.4 is 5.32 Å². The van der Waals surface area contributed by atoms with Crippen LogP contribution >= 0.6 is 38.9 Å². The van der Waals surface area contributed by atoms with Gasteiger partial charge in [-0.2, -0.15) is 0 Å². The largest absolute Gasteiger partial charge is 0.465 e. The number of ether oxygens (including phenoxy) is 1. The number of nitrogens with one attached hydrogen (secondary N) is 1. The predicted octanol–water partition coefficient (Wildman–Crippen LogP) is 4.20. The second-order valence-corrected chi connectivity index (χ2v) is 6.48. The van der Waals surface area contributed by atoms with E-state index in [0.717, 1.165) is 3.79 Å². The molecule has 20 heavy (non-hydrogen) atoms. The first kappa shape index (κ1) is 15.0. The van der Waals surface area contributed by atoms with Crippen molar-refractivity contribution in [3.63, 3.8) is 0 Å². The van der Waals surface area contributed by atoms with Crippen LogP contribution in [0.1, 0.15) is 20.7 Å². The maximum atomic E-state index is 12.0. The molecule has 7 heteroatoms. The number of carbonyl (C=O) groups is 2. The van der Waals surface area contributed by atoms with Crippen LogP contribution in [-0.2, 0) is 4.74 Å². The highest BCUT2D eigenvalue weighted by Gasteiger charge is 2.13. The third-order valence-electron chi connectivity index (χ3n) is 2.47. The maximum absolute atomic E-state index is 12.0. The molecule has 0 bridgehead atoms. The van der Waals surface area contributed by atoms with Crippen LogP contribution in [0, 0.1) is 0 Å². The van der Waals surface area contributed by atoms with Crippen molar-refractivity contribution in [2.75, 3.05) is 12.4 Å². The molecular weight excluding hydrogens is 366 g/mol. The Morgan fingerprint density at radius 3 is 2.65 bits per heavy atom. The zero-order valence-electron chi connectivity index (χ0n) is 10.3. The summed E-state index contributed by atoms with van der Waals surface area (Å²) in [6, 6.07) is 6.25. The van der Waals surface area contributed by atoms with Crippen LogP contribution in [-0.4, -0.2) is 19.0 Å². The first-order valence-corrected chi connectivity index (χ1v) is 7.49. The van der Waals surface area contributed by atoms with E-state index in [1.165, 1.54) is 36.6 Å². The van der Waals surface area contributed by atoms with E-state index in [1.807, 2.05) is 0 Å². The fourth-order valence-corrected chi connectivity index (χ4v) is 2.79. The minimum atomic E-state index is -0.490. The second kappa shape index (κ2) is 6.39. The number of hydrogen-bond donors (Lipinski definition) is 1. The Kier molecular flexibility index (Phi) is 4.80. The van der Waals surface area contributed by atoms with Crippen molar-refractivity contribution >= 4 is 56.4 Å². The van der Waals surface area contributed by atoms with Gasteiger partial charge < -0.3 is 10.1 Å². The Morgan fingerprint density at radius 1 is 1.30 bits per heavy atom. The van der Waals surface area contributed by atoms with Crippen molar-refractivity contribution in [1.29, 1.82) is 0 Å². The number of esters is 1. The number of carbonyl (C=O) groups excluding carboxylic acids is 2. The van der Waals surface area contributed by atoms with Crippen molar-refractivity contribution in [1.82, 2.24) is 0 Å². The van der Waals surface area contributed by atoms with E-state index in [1.54, 1.807) is 11.4 Å². The predicted molar refractivity (Wildman–Crippen MR) is 82.8 cm³/mol. The summed E-state index contributed by atoms with van der Waals surface area (Å²) in [6.45, 7) is 0. The maximum Gasteiger partial charge on any atom is 0.337 e. The van der Waals surface area contributed by atoms with E-state index in [9.17, 15) is 9.59 Å². The number of thiophene rings is 1. The molecule has 1 aromatic carbocycles. The lowest BCUT2D eigenvalue weighted by Gasteiger charge is -2.08. The molecular formula is C13H9BrClNO3S. The molecule has 4 nitrogen and oxygen atoms in total. The summed E-state index contributed by atoms with van der Waals surface area (Å²) in [6.07, 6.45) is 0. The Hall–Kier alpha value is -1.37. The normalized spacial score (nSPS) is 10.2. The van der Waals surface area contributed by atoms with Crippen LogP contribution in [0.4, 0.5) is 5.69 Å². The van der Waals surface area contributed by atoms with E-state index >= 15 is 0 Å². The molecule has 104 valence electrons. The van der Waals surface area contributed by atoms with Crippen molar-refractivity contribution < 1.29 is 14.3 Å². The van der Waals surface area contributed by atoms with Gasteiger partial charge in [0.15, 0.2) is 0 Å². The molecule has 0 spiro atoms. The van der Waals surface area contributed by atoms with E-state index in [4.69, 9.17) is 11.6 Å². The zero-order valence-corrected chi connectivity index (χ0v) is 13.4. The van der Waals surface area contributed by atoms with Crippen LogP contribution in [0.15, 0.2) is 33.4 Å². The smallest absolute Gasteiger partial charge is 0.337 e. The molecule has 0 fully saturated rings. The standard InChI is InChI=1S/C13H9BrClNO3S/c1-19-13(18)7-2-3-9(15)10(4-7)16-12(17)8-5-11(14)20-6-8/h2-6H,1H3,(H,16,17). The third kappa shape index (κ3) is 3.39. The molecule has 1 aromatic heterocycles. The SMILES string of the molecule is COC(=O)c1ccc(Cl)c(NC(=O)c2csc(Br)c2)c1. The van der Waals surface area contributed by atoms with Crippen LogP contribution in [0.3, 0.4) is 0 Å². The molecule has 2 aromatic rings. The highest BCUT2D eigenvalue weighted by Crippen LogP contribution is 2.26. The van der Waals surface area contributed by atoms with E-state index in [0.29, 0.717) is 21.8 Å². The fraction of sp³-hybridized carbons (Fsp3) is 0.0769. The van der Waals surface area contributed by atoms with E-state index < -0.39 is 5.97 Å². The van der Waals surface area contributed by atoms with Gasteiger partial charge in [-0.05, 0) is 40.2 Å². The summed E-state index contributed by atoms with van der Waals surface area (Å²) in [5.41, 5.74) is 1.20. The van der Waals surface area contributed by atoms with Gasteiger partial charge in [0.2, 0.25) is 0 Å². The average molecular weight is 375 g/mol. The molecule has 0 aliphatic heterocycles. The minimum absolute atomic E-state index is 0.295. The molecule has 0 radical (unpaired) electrons. The highest BCUT2D eigenvalue weighted by molar-refractivity contribution is 9.11. The molecule has 0 saturated carbocycles. The van der Waals surface area contributed by atoms with Gasteiger partial charge in [0.25, 0.3) is 5.91 Å². The summed E-state index contributed by atoms with van der Waals surface area (Å²) in [4.78, 5) is 23.5. The second-order valence-electron chi connectivity index (χ2n) is 3.78. The van der Waals surface area contributed by atoms with E-state index in [2.05, 4.69) is 26.0 Å². The van der Waals surface area contributed by atoms with Gasteiger partial charge in [-0.1, -0.05) is 11.6 Å². The lowest BCUT2D eigenvalue weighted by molar-refractivity contribution is 0.0600. The van der Waals surface area contributed by atoms with Crippen molar-refractivity contribution in [2.45, 2.75) is 0 Å². The molecule has 0 unspecified atom stereocenters. The summed E-state index contributed by atoms with van der Waals surface area (Å²) >= 11 is 10.7. The van der Waals surface area contributed by atoms with Crippen molar-refractivity contribution in [3.05, 3.63) is 49.6 Å². The average Bonchev–Trinajstić information content (AvgIpc) is 2.87. The summed E-state index contributed by atoms with van der Waals surface area (Å²) in [5, 5.41) is 4.73. The van der Waals surface area contributed by atoms with Gasteiger partial charge >= 0.3 is 5.97 Å². The van der Waals surface area contributed by atoms with Crippen LogP contribution in [0.2, 0.25) is 5.02 Å². The van der Waals surface area contributed by atoms with Crippen molar-refractivity contribution in [3.8, 4) is 0 Å². The fourth-order valence-electron chi connectivity index (χ4n) is 1.49. The first-order chi connectivity index (χ1) is 9.51. The Morgan fingerprint density at radius 2 is 2.05 bits per heavy atom. The Bertz CT molecular complexity index is 671. The molecule has 0 aliphatic rings. The number of methoxy groups -OCH3 is 1. The third-order valence-corrected chi connectivity index (χ3v) is 4.30. The molecule has 0 atom stereocenters. The van der Waals surface area contributed by atoms with Gasteiger partial charge in [-0.15, -0.1) is 11.3 Å². The van der Waals surface area contributed by atoms with Gasteiger partial charge in [-0.25, -0.2) is 4.79 Å². The van der Waals surface area contributed by atoms with Crippen LogP contribution in [0.5, 0.6) is 0 Å². The minimum Gasteiger partial charge on any atom is -0.465 e. The van der Waals surface area contributed by atoms with Gasteiger partial charge in [0.05, 0.1) is 32.7 Å². The number of hydrogen-bond acceptors (Lipinski definition) is 4. The topological polar surface area (TPSA) is 55.4 Å². The number of amides is 1. The van der Waals surface area contributed by atoms with Crippen LogP contribution in [0.25, 0.3) is 0 Å². The molecule has 1 heterocycles. The molecule has 0 aliphatic carbocycles. The van der Waals surface area contributed by atoms with E-state index in [-0.39, 0.29) is 5.91 Å².